The number of hydrogen-bond donors (Lipinski definition) is 6. The van der Waals surface area contributed by atoms with Crippen molar-refractivity contribution < 1.29 is 54.4 Å². The van der Waals surface area contributed by atoms with Crippen LogP contribution in [0.2, 0.25) is 0 Å². The van der Waals surface area contributed by atoms with Gasteiger partial charge < -0.3 is 49.6 Å². The Bertz CT molecular complexity index is 741. The molecule has 3 rings (SSSR count). The lowest BCUT2D eigenvalue weighted by atomic mass is 9.98. The Balaban J connectivity index is 1.63. The van der Waals surface area contributed by atoms with Crippen molar-refractivity contribution in [2.75, 3.05) is 6.61 Å². The van der Waals surface area contributed by atoms with Crippen molar-refractivity contribution in [3.8, 4) is 5.75 Å². The van der Waals surface area contributed by atoms with Gasteiger partial charge in [-0.3, -0.25) is 4.79 Å². The summed E-state index contributed by atoms with van der Waals surface area (Å²) in [6.07, 6.45) is -13.7. The topological polar surface area (TPSA) is 175 Å². The van der Waals surface area contributed by atoms with Gasteiger partial charge in [-0.1, -0.05) is 0 Å². The average molecular weight is 444 g/mol. The van der Waals surface area contributed by atoms with E-state index >= 15 is 0 Å². The molecule has 0 radical (unpaired) electrons. The zero-order chi connectivity index (χ0) is 22.9. The molecule has 11 nitrogen and oxygen atoms in total. The van der Waals surface area contributed by atoms with E-state index in [4.69, 9.17) is 18.9 Å². The largest absolute Gasteiger partial charge is 0.462 e. The minimum Gasteiger partial charge on any atom is -0.462 e. The molecule has 31 heavy (non-hydrogen) atoms. The van der Waals surface area contributed by atoms with Crippen LogP contribution in [0.4, 0.5) is 0 Å². The second-order valence-electron chi connectivity index (χ2n) is 7.73. The lowest BCUT2D eigenvalue weighted by molar-refractivity contribution is -0.318. The Labute approximate surface area is 178 Å². The van der Waals surface area contributed by atoms with Gasteiger partial charge in [0, 0.05) is 5.56 Å². The fourth-order valence-electron chi connectivity index (χ4n) is 3.39. The molecule has 0 spiro atoms. The summed E-state index contributed by atoms with van der Waals surface area (Å²) in [7, 11) is 0. The summed E-state index contributed by atoms with van der Waals surface area (Å²) in [5, 5.41) is 60.2. The van der Waals surface area contributed by atoms with Crippen molar-refractivity contribution >= 4 is 5.78 Å². The Morgan fingerprint density at radius 3 is 2.03 bits per heavy atom. The third-order valence-electron chi connectivity index (χ3n) is 5.41. The maximum absolute atomic E-state index is 11.4. The van der Waals surface area contributed by atoms with Gasteiger partial charge in [-0.05, 0) is 38.1 Å². The molecule has 0 saturated carbocycles. The highest BCUT2D eigenvalue weighted by atomic mass is 16.7. The number of ether oxygens (including phenoxy) is 4. The van der Waals surface area contributed by atoms with E-state index < -0.39 is 61.4 Å². The molecular formula is C20H28O11. The molecule has 2 saturated heterocycles. The molecule has 2 heterocycles. The van der Waals surface area contributed by atoms with Crippen molar-refractivity contribution in [2.45, 2.75) is 75.3 Å². The molecule has 0 aromatic heterocycles. The molecule has 174 valence electrons. The summed E-state index contributed by atoms with van der Waals surface area (Å²) >= 11 is 0. The van der Waals surface area contributed by atoms with Gasteiger partial charge in [-0.15, -0.1) is 0 Å². The molecule has 1 aromatic carbocycles. The molecule has 11 heteroatoms. The zero-order valence-corrected chi connectivity index (χ0v) is 17.0. The van der Waals surface area contributed by atoms with E-state index in [1.54, 1.807) is 0 Å². The van der Waals surface area contributed by atoms with Crippen LogP contribution in [0, 0.1) is 0 Å². The molecule has 0 amide bonds. The standard InChI is InChI=1S/C20H28O11/c1-8(21)10-3-5-11(6-4-10)30-20-18(27)16(25)14(23)12(31-20)7-28-19-17(26)15(24)13(22)9(2)29-19/h3-6,9,12-20,22-27H,7H2,1-2H3/t9-,12+,13-,14+,15+,16-,17+,18+,19+,20+/m0/s1. The fraction of sp³-hybridized carbons (Fsp3) is 0.650. The molecule has 6 N–H and O–H groups in total. The lowest BCUT2D eigenvalue weighted by Gasteiger charge is -2.42. The van der Waals surface area contributed by atoms with Crippen molar-refractivity contribution in [1.82, 2.24) is 0 Å². The Morgan fingerprint density at radius 2 is 1.42 bits per heavy atom. The van der Waals surface area contributed by atoms with Gasteiger partial charge in [0.05, 0.1) is 12.7 Å². The summed E-state index contributed by atoms with van der Waals surface area (Å²) in [6.45, 7) is 2.52. The number of Topliss-reactive ketones (excluding diaryl/α,β-unsaturated/α-hetero) is 1. The van der Waals surface area contributed by atoms with Gasteiger partial charge in [-0.25, -0.2) is 0 Å². The number of benzene rings is 1. The second-order valence-corrected chi connectivity index (χ2v) is 7.73. The third kappa shape index (κ3) is 5.22. The first-order chi connectivity index (χ1) is 14.6. The van der Waals surface area contributed by atoms with Gasteiger partial charge in [0.2, 0.25) is 6.29 Å². The number of aliphatic hydroxyl groups is 6. The fourth-order valence-corrected chi connectivity index (χ4v) is 3.39. The van der Waals surface area contributed by atoms with Gasteiger partial charge in [-0.2, -0.15) is 0 Å². The minimum absolute atomic E-state index is 0.129. The SMILES string of the molecule is CC(=O)c1ccc(O[C@@H]2O[C@H](CO[C@@H]3O[C@@H](C)[C@H](O)[C@@H](O)[C@H]3O)[C@@H](O)[C@H](O)[C@H]2O)cc1. The number of rotatable bonds is 6. The van der Waals surface area contributed by atoms with Crippen LogP contribution < -0.4 is 4.74 Å². The number of carbonyl (C=O) groups excluding carboxylic acids is 1. The monoisotopic (exact) mass is 444 g/mol. The third-order valence-corrected chi connectivity index (χ3v) is 5.41. The first-order valence-corrected chi connectivity index (χ1v) is 9.88. The maximum atomic E-state index is 11.4. The van der Waals surface area contributed by atoms with E-state index in [0.717, 1.165) is 0 Å². The van der Waals surface area contributed by atoms with Crippen molar-refractivity contribution in [3.05, 3.63) is 29.8 Å². The predicted octanol–water partition coefficient (Wildman–Crippen LogP) is -2.08. The van der Waals surface area contributed by atoms with Crippen molar-refractivity contribution in [2.24, 2.45) is 0 Å². The van der Waals surface area contributed by atoms with E-state index in [1.807, 2.05) is 0 Å². The highest BCUT2D eigenvalue weighted by molar-refractivity contribution is 5.94. The second kappa shape index (κ2) is 9.86. The quantitative estimate of drug-likeness (QED) is 0.266. The van der Waals surface area contributed by atoms with Gasteiger partial charge in [0.1, 0.15) is 48.5 Å². The van der Waals surface area contributed by atoms with Crippen LogP contribution in [0.1, 0.15) is 24.2 Å². The number of carbonyl (C=O) groups is 1. The summed E-state index contributed by atoms with van der Waals surface area (Å²) in [6, 6.07) is 6.05. The number of ketones is 1. The normalized spacial score (nSPS) is 41.0. The first-order valence-electron chi connectivity index (χ1n) is 9.88. The van der Waals surface area contributed by atoms with Crippen LogP contribution in [0.5, 0.6) is 5.75 Å². The smallest absolute Gasteiger partial charge is 0.229 e. The van der Waals surface area contributed by atoms with Gasteiger partial charge in [0.15, 0.2) is 12.1 Å². The van der Waals surface area contributed by atoms with E-state index in [1.165, 1.54) is 38.1 Å². The highest BCUT2D eigenvalue weighted by Crippen LogP contribution is 2.27. The summed E-state index contributed by atoms with van der Waals surface area (Å²) in [4.78, 5) is 11.4. The summed E-state index contributed by atoms with van der Waals surface area (Å²) in [5.41, 5.74) is 0.465. The zero-order valence-electron chi connectivity index (χ0n) is 17.0. The van der Waals surface area contributed by atoms with Crippen molar-refractivity contribution in [1.29, 1.82) is 0 Å². The molecule has 2 aliphatic heterocycles. The lowest BCUT2D eigenvalue weighted by Crippen LogP contribution is -2.61. The predicted molar refractivity (Wildman–Crippen MR) is 102 cm³/mol. The van der Waals surface area contributed by atoms with Crippen LogP contribution in [-0.4, -0.2) is 104 Å². The average Bonchev–Trinajstić information content (AvgIpc) is 2.75. The minimum atomic E-state index is -1.62. The Morgan fingerprint density at radius 1 is 0.839 bits per heavy atom. The van der Waals surface area contributed by atoms with E-state index in [9.17, 15) is 35.4 Å². The number of aliphatic hydroxyl groups excluding tert-OH is 6. The molecule has 10 atom stereocenters. The Hall–Kier alpha value is -1.67. The number of hydrogen-bond acceptors (Lipinski definition) is 11. The van der Waals surface area contributed by atoms with Gasteiger partial charge in [0.25, 0.3) is 0 Å². The van der Waals surface area contributed by atoms with Crippen LogP contribution in [0.15, 0.2) is 24.3 Å². The van der Waals surface area contributed by atoms with Crippen molar-refractivity contribution in [3.63, 3.8) is 0 Å². The molecule has 0 bridgehead atoms. The molecule has 1 aromatic rings. The summed E-state index contributed by atoms with van der Waals surface area (Å²) < 4.78 is 21.8. The highest BCUT2D eigenvalue weighted by Gasteiger charge is 2.47. The molecule has 0 aliphatic carbocycles. The van der Waals surface area contributed by atoms with Crippen LogP contribution in [0.3, 0.4) is 0 Å². The van der Waals surface area contributed by atoms with E-state index in [2.05, 4.69) is 0 Å². The van der Waals surface area contributed by atoms with Crippen LogP contribution in [-0.2, 0) is 14.2 Å². The van der Waals surface area contributed by atoms with Gasteiger partial charge >= 0.3 is 0 Å². The Kier molecular flexibility index (Phi) is 7.63. The van der Waals surface area contributed by atoms with E-state index in [-0.39, 0.29) is 18.1 Å². The van der Waals surface area contributed by atoms with Crippen LogP contribution in [0.25, 0.3) is 0 Å². The first kappa shape index (κ1) is 24.0. The molecular weight excluding hydrogens is 416 g/mol. The molecule has 0 unspecified atom stereocenters. The maximum Gasteiger partial charge on any atom is 0.229 e. The summed E-state index contributed by atoms with van der Waals surface area (Å²) in [5.74, 6) is 0.129. The molecule has 2 fully saturated rings. The van der Waals surface area contributed by atoms with E-state index in [0.29, 0.717) is 5.56 Å². The molecule has 2 aliphatic rings. The van der Waals surface area contributed by atoms with Crippen LogP contribution >= 0.6 is 0 Å².